The zero-order chi connectivity index (χ0) is 28.8. The van der Waals surface area contributed by atoms with Gasteiger partial charge in [-0.05, 0) is 29.8 Å². The molecule has 5 heterocycles. The normalized spacial score (nSPS) is 18.1. The molecule has 1 aliphatic heterocycles. The van der Waals surface area contributed by atoms with E-state index in [1.165, 1.54) is 31.1 Å². The second-order valence-corrected chi connectivity index (χ2v) is 12.4. The molecule has 4 aromatic heterocycles. The van der Waals surface area contributed by atoms with Gasteiger partial charge in [-0.1, -0.05) is 91.0 Å². The Hall–Kier alpha value is -5.46. The minimum atomic E-state index is -0.0823. The quantitative estimate of drug-likeness (QED) is 0.181. The fraction of sp³-hybridized carbons (Fsp3) is 0.0526. The van der Waals surface area contributed by atoms with Crippen LogP contribution in [-0.2, 0) is 0 Å². The number of pyridine rings is 2. The van der Waals surface area contributed by atoms with Gasteiger partial charge in [-0.25, -0.2) is 9.98 Å². The summed E-state index contributed by atoms with van der Waals surface area (Å²) in [6.07, 6.45) is 12.3. The van der Waals surface area contributed by atoms with Crippen molar-refractivity contribution in [3.63, 3.8) is 0 Å². The van der Waals surface area contributed by atoms with Gasteiger partial charge in [0.15, 0.2) is 0 Å². The second kappa shape index (κ2) is 9.02. The Bertz CT molecular complexity index is 2620. The number of fused-ring (bicyclic) bond motifs is 13. The molecule has 0 saturated heterocycles. The molecule has 2 aliphatic rings. The maximum atomic E-state index is 5.47. The summed E-state index contributed by atoms with van der Waals surface area (Å²) < 4.78 is 4.74. The number of nitrogens with zero attached hydrogens (tertiary/aromatic N) is 5. The Balaban J connectivity index is 1.44. The summed E-state index contributed by atoms with van der Waals surface area (Å²) in [5, 5.41) is 6.93. The molecule has 4 aromatic carbocycles. The molecule has 0 saturated carbocycles. The first kappa shape index (κ1) is 24.0. The smallest absolute Gasteiger partial charge is 0.230 e. The standard InChI is InChI=1S/C38H23N5S/c1-2-11-22(12-3-1)34-24-13-4-7-17-27(24)41-38(42-34)43-29-18-8-5-14-25(29)32-31-23-16-10-20-39-28(23)21-40-35(31)33-26-15-6-9-19-30(26)44-37(33)36(32)43/h1-21,24,34H. The first-order chi connectivity index (χ1) is 21.8. The van der Waals surface area contributed by atoms with Gasteiger partial charge < -0.3 is 0 Å². The molecule has 2 unspecified atom stereocenters. The van der Waals surface area contributed by atoms with Crippen LogP contribution in [0.15, 0.2) is 138 Å². The topological polar surface area (TPSA) is 55.4 Å². The summed E-state index contributed by atoms with van der Waals surface area (Å²) >= 11 is 1.82. The van der Waals surface area contributed by atoms with Crippen LogP contribution in [-0.4, -0.2) is 26.2 Å². The Morgan fingerprint density at radius 1 is 0.705 bits per heavy atom. The highest BCUT2D eigenvalue weighted by Gasteiger charge is 2.32. The molecular formula is C38H23N5S. The van der Waals surface area contributed by atoms with Gasteiger partial charge in [0.05, 0.1) is 44.7 Å². The molecule has 8 aromatic rings. The SMILES string of the molecule is C1=CC2=NC(n3c4ccccc4c4c5c6cccnc6cnc5c5c6ccccc6sc5c43)=NC(c3ccccc3)C2C=C1. The highest BCUT2D eigenvalue weighted by molar-refractivity contribution is 7.27. The van der Waals surface area contributed by atoms with Gasteiger partial charge in [0.2, 0.25) is 5.96 Å². The first-order valence-corrected chi connectivity index (χ1v) is 15.6. The van der Waals surface area contributed by atoms with Crippen LogP contribution in [0, 0.1) is 5.92 Å². The molecule has 0 amide bonds. The average molecular weight is 582 g/mol. The van der Waals surface area contributed by atoms with Crippen molar-refractivity contribution in [3.8, 4) is 0 Å². The van der Waals surface area contributed by atoms with Gasteiger partial charge in [0.1, 0.15) is 0 Å². The fourth-order valence-electron chi connectivity index (χ4n) is 7.17. The van der Waals surface area contributed by atoms with Crippen LogP contribution >= 0.6 is 11.3 Å². The molecule has 44 heavy (non-hydrogen) atoms. The van der Waals surface area contributed by atoms with Crippen LogP contribution in [0.4, 0.5) is 0 Å². The third-order valence-electron chi connectivity index (χ3n) is 9.04. The van der Waals surface area contributed by atoms with Gasteiger partial charge in [0, 0.05) is 49.1 Å². The van der Waals surface area contributed by atoms with Crippen molar-refractivity contribution in [2.24, 2.45) is 15.9 Å². The number of aromatic nitrogens is 3. The monoisotopic (exact) mass is 581 g/mol. The summed E-state index contributed by atoms with van der Waals surface area (Å²) in [4.78, 5) is 20.6. The first-order valence-electron chi connectivity index (χ1n) is 14.8. The number of hydrogen-bond acceptors (Lipinski definition) is 5. The Labute approximate surface area is 255 Å². The number of hydrogen-bond donors (Lipinski definition) is 0. The van der Waals surface area contributed by atoms with Crippen LogP contribution < -0.4 is 0 Å². The third-order valence-corrected chi connectivity index (χ3v) is 10.2. The number of thiophene rings is 1. The molecule has 0 spiro atoms. The molecule has 0 bridgehead atoms. The lowest BCUT2D eigenvalue weighted by molar-refractivity contribution is 0.636. The van der Waals surface area contributed by atoms with Gasteiger partial charge >= 0.3 is 0 Å². The summed E-state index contributed by atoms with van der Waals surface area (Å²) in [6.45, 7) is 0. The molecular weight excluding hydrogens is 559 g/mol. The number of aliphatic imine (C=N–C) groups is 2. The van der Waals surface area contributed by atoms with Crippen molar-refractivity contribution in [2.45, 2.75) is 6.04 Å². The van der Waals surface area contributed by atoms with E-state index < -0.39 is 0 Å². The second-order valence-electron chi connectivity index (χ2n) is 11.4. The highest BCUT2D eigenvalue weighted by Crippen LogP contribution is 2.48. The Morgan fingerprint density at radius 2 is 1.52 bits per heavy atom. The Kier molecular flexibility index (Phi) is 4.93. The molecule has 0 N–H and O–H groups in total. The van der Waals surface area contributed by atoms with E-state index in [2.05, 4.69) is 114 Å². The van der Waals surface area contributed by atoms with Crippen LogP contribution in [0.3, 0.4) is 0 Å². The predicted octanol–water partition coefficient (Wildman–Crippen LogP) is 9.40. The number of rotatable bonds is 1. The summed E-state index contributed by atoms with van der Waals surface area (Å²) in [6, 6.07) is 32.0. The molecule has 2 atom stereocenters. The van der Waals surface area contributed by atoms with E-state index in [-0.39, 0.29) is 12.0 Å². The van der Waals surface area contributed by atoms with Gasteiger partial charge in [0.25, 0.3) is 0 Å². The largest absolute Gasteiger partial charge is 0.277 e. The van der Waals surface area contributed by atoms with E-state index in [1.54, 1.807) is 0 Å². The fourth-order valence-corrected chi connectivity index (χ4v) is 8.42. The van der Waals surface area contributed by atoms with E-state index in [4.69, 9.17) is 20.0 Å². The van der Waals surface area contributed by atoms with E-state index in [1.807, 2.05) is 29.8 Å². The maximum Gasteiger partial charge on any atom is 0.230 e. The molecule has 5 nitrogen and oxygen atoms in total. The van der Waals surface area contributed by atoms with Crippen LogP contribution in [0.1, 0.15) is 11.6 Å². The number of benzene rings is 4. The van der Waals surface area contributed by atoms with Crippen molar-refractivity contribution >= 4 is 86.8 Å². The van der Waals surface area contributed by atoms with Crippen molar-refractivity contribution in [3.05, 3.63) is 133 Å². The Morgan fingerprint density at radius 3 is 2.45 bits per heavy atom. The zero-order valence-electron chi connectivity index (χ0n) is 23.4. The molecule has 0 fully saturated rings. The summed E-state index contributed by atoms with van der Waals surface area (Å²) in [7, 11) is 0. The van der Waals surface area contributed by atoms with E-state index in [0.29, 0.717) is 5.96 Å². The molecule has 1 aliphatic carbocycles. The lowest BCUT2D eigenvalue weighted by Crippen LogP contribution is -2.28. The van der Waals surface area contributed by atoms with Crippen LogP contribution in [0.2, 0.25) is 0 Å². The highest BCUT2D eigenvalue weighted by atomic mass is 32.1. The third kappa shape index (κ3) is 3.23. The minimum absolute atomic E-state index is 0.0823. The maximum absolute atomic E-state index is 5.47. The predicted molar refractivity (Wildman–Crippen MR) is 184 cm³/mol. The van der Waals surface area contributed by atoms with Gasteiger partial charge in [-0.15, -0.1) is 11.3 Å². The van der Waals surface area contributed by atoms with Crippen molar-refractivity contribution in [2.75, 3.05) is 0 Å². The van der Waals surface area contributed by atoms with Crippen molar-refractivity contribution < 1.29 is 0 Å². The lowest BCUT2D eigenvalue weighted by Gasteiger charge is -2.28. The summed E-state index contributed by atoms with van der Waals surface area (Å²) in [5.74, 6) is 0.796. The van der Waals surface area contributed by atoms with E-state index in [9.17, 15) is 0 Å². The number of allylic oxidation sites excluding steroid dienone is 3. The molecule has 6 heteroatoms. The molecule has 206 valence electrons. The zero-order valence-corrected chi connectivity index (χ0v) is 24.2. The van der Waals surface area contributed by atoms with Crippen LogP contribution in [0.25, 0.3) is 63.8 Å². The minimum Gasteiger partial charge on any atom is -0.277 e. The van der Waals surface area contributed by atoms with Gasteiger partial charge in [-0.3, -0.25) is 14.5 Å². The lowest BCUT2D eigenvalue weighted by atomic mass is 9.86. The van der Waals surface area contributed by atoms with E-state index >= 15 is 0 Å². The average Bonchev–Trinajstić information content (AvgIpc) is 3.65. The van der Waals surface area contributed by atoms with Crippen molar-refractivity contribution in [1.29, 1.82) is 0 Å². The van der Waals surface area contributed by atoms with Gasteiger partial charge in [-0.2, -0.15) is 0 Å². The molecule has 10 rings (SSSR count). The van der Waals surface area contributed by atoms with Crippen LogP contribution in [0.5, 0.6) is 0 Å². The number of para-hydroxylation sites is 1. The molecule has 0 radical (unpaired) electrons. The summed E-state index contributed by atoms with van der Waals surface area (Å²) in [5.41, 5.74) is 6.31. The van der Waals surface area contributed by atoms with Crippen molar-refractivity contribution in [1.82, 2.24) is 14.5 Å². The van der Waals surface area contributed by atoms with E-state index in [0.717, 1.165) is 43.9 Å².